The van der Waals surface area contributed by atoms with Crippen LogP contribution in [0.3, 0.4) is 0 Å². The highest BCUT2D eigenvalue weighted by Crippen LogP contribution is 2.12. The largest absolute Gasteiger partial charge is 0.393 e. The molecule has 0 saturated heterocycles. The van der Waals surface area contributed by atoms with Gasteiger partial charge in [-0.05, 0) is 31.7 Å². The third kappa shape index (κ3) is 6.54. The first-order valence-electron chi connectivity index (χ1n) is 8.53. The van der Waals surface area contributed by atoms with Gasteiger partial charge in [-0.1, -0.05) is 42.4 Å². The maximum atomic E-state index is 11.9. The fourth-order valence-corrected chi connectivity index (χ4v) is 2.54. The first-order valence-corrected chi connectivity index (χ1v) is 8.53. The highest BCUT2D eigenvalue weighted by molar-refractivity contribution is 5.74. The van der Waals surface area contributed by atoms with Gasteiger partial charge in [0.1, 0.15) is 6.04 Å². The van der Waals surface area contributed by atoms with Crippen LogP contribution in [-0.4, -0.2) is 33.9 Å². The molecule has 0 saturated carbocycles. The van der Waals surface area contributed by atoms with Gasteiger partial charge in [-0.2, -0.15) is 4.98 Å². The van der Waals surface area contributed by atoms with Crippen LogP contribution in [-0.2, 0) is 6.42 Å². The molecule has 3 N–H and O–H groups in total. The van der Waals surface area contributed by atoms with Crippen molar-refractivity contribution in [1.82, 2.24) is 20.8 Å². The van der Waals surface area contributed by atoms with E-state index in [1.54, 1.807) is 13.8 Å². The van der Waals surface area contributed by atoms with E-state index < -0.39 is 0 Å². The van der Waals surface area contributed by atoms with Gasteiger partial charge in [0, 0.05) is 13.0 Å². The van der Waals surface area contributed by atoms with Crippen molar-refractivity contribution in [3.05, 3.63) is 47.6 Å². The number of aliphatic hydroxyl groups is 1. The third-order valence-electron chi connectivity index (χ3n) is 3.76. The number of nitrogens with one attached hydrogen (secondary N) is 2. The number of nitrogens with zero attached hydrogens (tertiary/aromatic N) is 2. The van der Waals surface area contributed by atoms with Gasteiger partial charge < -0.3 is 20.3 Å². The minimum absolute atomic E-state index is 0.196. The molecular formula is C18H26N4O3. The number of carbonyl (C=O) groups excluding carboxylic acids is 1. The second-order valence-corrected chi connectivity index (χ2v) is 6.48. The van der Waals surface area contributed by atoms with E-state index in [0.29, 0.717) is 31.1 Å². The van der Waals surface area contributed by atoms with Gasteiger partial charge in [0.05, 0.1) is 6.10 Å². The number of urea groups is 1. The van der Waals surface area contributed by atoms with E-state index in [1.807, 2.05) is 37.3 Å². The number of hydrogen-bond acceptors (Lipinski definition) is 5. The molecule has 7 nitrogen and oxygen atoms in total. The normalized spacial score (nSPS) is 14.6. The summed E-state index contributed by atoms with van der Waals surface area (Å²) in [6, 6.07) is 9.20. The second kappa shape index (κ2) is 9.17. The maximum absolute atomic E-state index is 11.9. The summed E-state index contributed by atoms with van der Waals surface area (Å²) in [5.74, 6) is 1.15. The molecule has 0 aliphatic heterocycles. The van der Waals surface area contributed by atoms with Gasteiger partial charge in [0.15, 0.2) is 5.82 Å². The molecule has 0 bridgehead atoms. The first-order chi connectivity index (χ1) is 11.9. The van der Waals surface area contributed by atoms with Crippen LogP contribution in [0.2, 0.25) is 0 Å². The number of hydrogen-bond donors (Lipinski definition) is 3. The Balaban J connectivity index is 1.80. The molecule has 1 aromatic carbocycles. The summed E-state index contributed by atoms with van der Waals surface area (Å²) >= 11 is 0. The standard InChI is InChI=1S/C18H26N4O3/c1-12(9-13(2)23)11-19-18(24)20-14(3)17-21-16(22-25-17)10-15-7-5-4-6-8-15/h4-8,12-14,23H,9-11H2,1-3H3,(H2,19,20,24). The fourth-order valence-electron chi connectivity index (χ4n) is 2.54. The maximum Gasteiger partial charge on any atom is 0.315 e. The molecule has 0 aliphatic carbocycles. The van der Waals surface area contributed by atoms with Crippen molar-refractivity contribution in [3.8, 4) is 0 Å². The molecule has 25 heavy (non-hydrogen) atoms. The van der Waals surface area contributed by atoms with Gasteiger partial charge in [0.25, 0.3) is 0 Å². The van der Waals surface area contributed by atoms with Crippen molar-refractivity contribution in [2.75, 3.05) is 6.54 Å². The molecule has 7 heteroatoms. The minimum atomic E-state index is -0.385. The number of aromatic nitrogens is 2. The fraction of sp³-hybridized carbons (Fsp3) is 0.500. The van der Waals surface area contributed by atoms with Crippen LogP contribution in [0.4, 0.5) is 4.79 Å². The zero-order valence-electron chi connectivity index (χ0n) is 14.9. The lowest BCUT2D eigenvalue weighted by Crippen LogP contribution is -2.39. The Morgan fingerprint density at radius 2 is 1.96 bits per heavy atom. The highest BCUT2D eigenvalue weighted by atomic mass is 16.5. The average molecular weight is 346 g/mol. The molecule has 0 fully saturated rings. The number of amides is 2. The van der Waals surface area contributed by atoms with E-state index in [9.17, 15) is 9.90 Å². The highest BCUT2D eigenvalue weighted by Gasteiger charge is 2.17. The summed E-state index contributed by atoms with van der Waals surface area (Å²) in [4.78, 5) is 16.3. The van der Waals surface area contributed by atoms with Crippen molar-refractivity contribution in [3.63, 3.8) is 0 Å². The van der Waals surface area contributed by atoms with Crippen molar-refractivity contribution >= 4 is 6.03 Å². The monoisotopic (exact) mass is 346 g/mol. The minimum Gasteiger partial charge on any atom is -0.393 e. The van der Waals surface area contributed by atoms with Gasteiger partial charge in [-0.3, -0.25) is 0 Å². The Morgan fingerprint density at radius 3 is 2.64 bits per heavy atom. The summed E-state index contributed by atoms with van der Waals surface area (Å²) in [6.07, 6.45) is 0.850. The predicted molar refractivity (Wildman–Crippen MR) is 94.0 cm³/mol. The van der Waals surface area contributed by atoms with Crippen molar-refractivity contribution in [2.45, 2.75) is 45.8 Å². The number of carbonyl (C=O) groups is 1. The predicted octanol–water partition coefficient (Wildman–Crippen LogP) is 2.43. The van der Waals surface area contributed by atoms with E-state index in [4.69, 9.17) is 4.52 Å². The van der Waals surface area contributed by atoms with Gasteiger partial charge in [0.2, 0.25) is 5.89 Å². The van der Waals surface area contributed by atoms with Crippen molar-refractivity contribution < 1.29 is 14.4 Å². The second-order valence-electron chi connectivity index (χ2n) is 6.48. The van der Waals surface area contributed by atoms with Gasteiger partial charge >= 0.3 is 6.03 Å². The van der Waals surface area contributed by atoms with Crippen LogP contribution in [0, 0.1) is 5.92 Å². The quantitative estimate of drug-likeness (QED) is 0.681. The van der Waals surface area contributed by atoms with Crippen LogP contribution in [0.5, 0.6) is 0 Å². The molecule has 2 rings (SSSR count). The number of benzene rings is 1. The molecule has 0 spiro atoms. The van der Waals surface area contributed by atoms with Gasteiger partial charge in [-0.25, -0.2) is 4.79 Å². The molecule has 1 aromatic heterocycles. The Morgan fingerprint density at radius 1 is 1.24 bits per heavy atom. The van der Waals surface area contributed by atoms with Crippen LogP contribution >= 0.6 is 0 Å². The third-order valence-corrected chi connectivity index (χ3v) is 3.76. The van der Waals surface area contributed by atoms with Crippen LogP contribution in [0.15, 0.2) is 34.9 Å². The van der Waals surface area contributed by atoms with E-state index >= 15 is 0 Å². The Labute approximate surface area is 147 Å². The summed E-state index contributed by atoms with van der Waals surface area (Å²) in [5.41, 5.74) is 1.10. The lowest BCUT2D eigenvalue weighted by molar-refractivity contribution is 0.163. The lowest BCUT2D eigenvalue weighted by Gasteiger charge is -2.16. The topological polar surface area (TPSA) is 100 Å². The molecule has 0 aliphatic rings. The van der Waals surface area contributed by atoms with Crippen LogP contribution in [0.1, 0.15) is 50.5 Å². The molecule has 2 amide bonds. The Hall–Kier alpha value is -2.41. The molecule has 136 valence electrons. The Bertz CT molecular complexity index is 657. The molecule has 0 radical (unpaired) electrons. The number of aliphatic hydroxyl groups excluding tert-OH is 1. The van der Waals surface area contributed by atoms with Crippen molar-refractivity contribution in [2.24, 2.45) is 5.92 Å². The summed E-state index contributed by atoms with van der Waals surface area (Å²) in [6.45, 7) is 6.00. The molecule has 1 heterocycles. The van der Waals surface area contributed by atoms with Crippen LogP contribution < -0.4 is 10.6 Å². The van der Waals surface area contributed by atoms with E-state index in [0.717, 1.165) is 5.56 Å². The smallest absolute Gasteiger partial charge is 0.315 e. The average Bonchev–Trinajstić information content (AvgIpc) is 3.02. The zero-order valence-corrected chi connectivity index (χ0v) is 14.9. The molecular weight excluding hydrogens is 320 g/mol. The first kappa shape index (κ1) is 18.9. The van der Waals surface area contributed by atoms with Crippen LogP contribution in [0.25, 0.3) is 0 Å². The lowest BCUT2D eigenvalue weighted by atomic mass is 10.1. The van der Waals surface area contributed by atoms with Crippen molar-refractivity contribution in [1.29, 1.82) is 0 Å². The number of rotatable bonds is 8. The molecule has 3 atom stereocenters. The van der Waals surface area contributed by atoms with E-state index in [-0.39, 0.29) is 24.1 Å². The Kier molecular flexibility index (Phi) is 6.94. The summed E-state index contributed by atoms with van der Waals surface area (Å²) in [7, 11) is 0. The van der Waals surface area contributed by atoms with Gasteiger partial charge in [-0.15, -0.1) is 0 Å². The van der Waals surface area contributed by atoms with E-state index in [2.05, 4.69) is 20.8 Å². The molecule has 2 aromatic rings. The van der Waals surface area contributed by atoms with E-state index in [1.165, 1.54) is 0 Å². The SMILES string of the molecule is CC(O)CC(C)CNC(=O)NC(C)c1nc(Cc2ccccc2)no1. The zero-order chi connectivity index (χ0) is 18.2. The summed E-state index contributed by atoms with van der Waals surface area (Å²) < 4.78 is 5.24. The summed E-state index contributed by atoms with van der Waals surface area (Å²) in [5, 5.41) is 18.9. The molecule has 3 unspecified atom stereocenters.